The zero-order valence-corrected chi connectivity index (χ0v) is 10.7. The van der Waals surface area contributed by atoms with Gasteiger partial charge in [0, 0.05) is 26.2 Å². The van der Waals surface area contributed by atoms with Crippen molar-refractivity contribution in [3.05, 3.63) is 12.1 Å². The molecule has 1 aromatic carbocycles. The zero-order valence-electron chi connectivity index (χ0n) is 9.93. The van der Waals surface area contributed by atoms with Gasteiger partial charge in [0.15, 0.2) is 11.5 Å². The summed E-state index contributed by atoms with van der Waals surface area (Å²) in [4.78, 5) is 2.20. The van der Waals surface area contributed by atoms with Crippen molar-refractivity contribution in [2.75, 3.05) is 44.3 Å². The van der Waals surface area contributed by atoms with E-state index in [0.29, 0.717) is 24.7 Å². The SMILES string of the molecule is Oc1ccc(N2CCN(Cl)CC2)c2c1OCCO2. The predicted molar refractivity (Wildman–Crippen MR) is 68.7 cm³/mol. The van der Waals surface area contributed by atoms with Crippen molar-refractivity contribution in [1.29, 1.82) is 0 Å². The highest BCUT2D eigenvalue weighted by Gasteiger charge is 2.25. The Bertz CT molecular complexity index is 447. The number of aromatic hydroxyl groups is 1. The second kappa shape index (κ2) is 4.74. The number of ether oxygens (including phenoxy) is 2. The van der Waals surface area contributed by atoms with Crippen LogP contribution in [0.25, 0.3) is 0 Å². The minimum Gasteiger partial charge on any atom is -0.504 e. The molecule has 1 N–H and O–H groups in total. The molecule has 1 saturated heterocycles. The smallest absolute Gasteiger partial charge is 0.205 e. The molecule has 98 valence electrons. The molecule has 0 unspecified atom stereocenters. The molecule has 0 spiro atoms. The summed E-state index contributed by atoms with van der Waals surface area (Å²) < 4.78 is 12.9. The average Bonchev–Trinajstić information content (AvgIpc) is 2.41. The first-order valence-corrected chi connectivity index (χ1v) is 6.37. The molecular formula is C12H15ClN2O3. The van der Waals surface area contributed by atoms with Gasteiger partial charge in [0.05, 0.1) is 5.69 Å². The van der Waals surface area contributed by atoms with Crippen molar-refractivity contribution < 1.29 is 14.6 Å². The molecule has 2 aliphatic rings. The van der Waals surface area contributed by atoms with Gasteiger partial charge in [0.25, 0.3) is 0 Å². The normalized spacial score (nSPS) is 19.9. The van der Waals surface area contributed by atoms with Gasteiger partial charge in [-0.05, 0) is 23.9 Å². The number of phenols is 1. The first-order valence-electron chi connectivity index (χ1n) is 6.03. The van der Waals surface area contributed by atoms with Gasteiger partial charge in [-0.3, -0.25) is 0 Å². The van der Waals surface area contributed by atoms with Gasteiger partial charge < -0.3 is 19.5 Å². The van der Waals surface area contributed by atoms with E-state index in [1.54, 1.807) is 10.5 Å². The average molecular weight is 271 g/mol. The van der Waals surface area contributed by atoms with E-state index in [2.05, 4.69) is 4.90 Å². The van der Waals surface area contributed by atoms with Crippen LogP contribution in [0.4, 0.5) is 5.69 Å². The Morgan fingerprint density at radius 2 is 1.67 bits per heavy atom. The number of nitrogens with zero attached hydrogens (tertiary/aromatic N) is 2. The number of hydrogen-bond donors (Lipinski definition) is 1. The highest BCUT2D eigenvalue weighted by atomic mass is 35.5. The first kappa shape index (κ1) is 11.7. The number of hydrogen-bond acceptors (Lipinski definition) is 5. The summed E-state index contributed by atoms with van der Waals surface area (Å²) in [5.74, 6) is 1.22. The number of fused-ring (bicyclic) bond motifs is 1. The Balaban J connectivity index is 1.92. The van der Waals surface area contributed by atoms with E-state index < -0.39 is 0 Å². The van der Waals surface area contributed by atoms with Crippen LogP contribution in [0.3, 0.4) is 0 Å². The molecule has 0 aliphatic carbocycles. The maximum Gasteiger partial charge on any atom is 0.205 e. The number of anilines is 1. The van der Waals surface area contributed by atoms with Crippen LogP contribution in [0, 0.1) is 0 Å². The molecule has 0 atom stereocenters. The molecule has 0 radical (unpaired) electrons. The van der Waals surface area contributed by atoms with E-state index in [1.807, 2.05) is 6.07 Å². The quantitative estimate of drug-likeness (QED) is 0.783. The molecule has 2 aliphatic heterocycles. The summed E-state index contributed by atoms with van der Waals surface area (Å²) in [7, 11) is 0. The molecule has 6 heteroatoms. The third kappa shape index (κ3) is 2.04. The van der Waals surface area contributed by atoms with E-state index in [9.17, 15) is 5.11 Å². The van der Waals surface area contributed by atoms with Crippen molar-refractivity contribution in [2.45, 2.75) is 0 Å². The van der Waals surface area contributed by atoms with Crippen molar-refractivity contribution in [1.82, 2.24) is 4.42 Å². The first-order chi connectivity index (χ1) is 8.75. The molecule has 0 saturated carbocycles. The van der Waals surface area contributed by atoms with E-state index >= 15 is 0 Å². The molecular weight excluding hydrogens is 256 g/mol. The van der Waals surface area contributed by atoms with Gasteiger partial charge in [-0.2, -0.15) is 0 Å². The summed E-state index contributed by atoms with van der Waals surface area (Å²) in [6, 6.07) is 3.52. The summed E-state index contributed by atoms with van der Waals surface area (Å²) >= 11 is 5.95. The molecule has 1 aromatic rings. The Morgan fingerprint density at radius 1 is 1.00 bits per heavy atom. The Kier molecular flexibility index (Phi) is 3.09. The van der Waals surface area contributed by atoms with Gasteiger partial charge in [-0.25, -0.2) is 4.42 Å². The summed E-state index contributed by atoms with van der Waals surface area (Å²) in [5.41, 5.74) is 0.965. The maximum absolute atomic E-state index is 9.77. The van der Waals surface area contributed by atoms with E-state index in [-0.39, 0.29) is 5.75 Å². The Morgan fingerprint density at radius 3 is 2.39 bits per heavy atom. The van der Waals surface area contributed by atoms with Crippen LogP contribution < -0.4 is 14.4 Å². The summed E-state index contributed by atoms with van der Waals surface area (Å²) in [5, 5.41) is 9.77. The monoisotopic (exact) mass is 270 g/mol. The van der Waals surface area contributed by atoms with Crippen LogP contribution in [0.1, 0.15) is 0 Å². The number of benzene rings is 1. The largest absolute Gasteiger partial charge is 0.504 e. The lowest BCUT2D eigenvalue weighted by molar-refractivity contribution is 0.166. The summed E-state index contributed by atoms with van der Waals surface area (Å²) in [6.07, 6.45) is 0. The third-order valence-electron chi connectivity index (χ3n) is 3.21. The van der Waals surface area contributed by atoms with E-state index in [4.69, 9.17) is 21.3 Å². The van der Waals surface area contributed by atoms with Crippen molar-refractivity contribution in [2.24, 2.45) is 0 Å². The van der Waals surface area contributed by atoms with Gasteiger partial charge in [0.2, 0.25) is 5.75 Å². The third-order valence-corrected chi connectivity index (χ3v) is 3.55. The lowest BCUT2D eigenvalue weighted by Gasteiger charge is -2.34. The Labute approximate surface area is 111 Å². The van der Waals surface area contributed by atoms with Crippen LogP contribution >= 0.6 is 11.8 Å². The fourth-order valence-corrected chi connectivity index (χ4v) is 2.43. The number of piperazine rings is 1. The van der Waals surface area contributed by atoms with Gasteiger partial charge in [-0.1, -0.05) is 0 Å². The van der Waals surface area contributed by atoms with Crippen molar-refractivity contribution in [3.8, 4) is 17.2 Å². The van der Waals surface area contributed by atoms with Crippen LogP contribution in [0.2, 0.25) is 0 Å². The van der Waals surface area contributed by atoms with Crippen LogP contribution in [0.15, 0.2) is 12.1 Å². The van der Waals surface area contributed by atoms with Gasteiger partial charge in [0.1, 0.15) is 13.2 Å². The predicted octanol–water partition coefficient (Wildman–Crippen LogP) is 1.44. The topological polar surface area (TPSA) is 45.2 Å². The minimum absolute atomic E-state index is 0.129. The van der Waals surface area contributed by atoms with E-state index in [1.165, 1.54) is 0 Å². The number of halogens is 1. The number of phenolic OH excluding ortho intramolecular Hbond substituents is 1. The van der Waals surface area contributed by atoms with Gasteiger partial charge >= 0.3 is 0 Å². The van der Waals surface area contributed by atoms with Crippen molar-refractivity contribution in [3.63, 3.8) is 0 Å². The van der Waals surface area contributed by atoms with Crippen molar-refractivity contribution >= 4 is 17.5 Å². The molecule has 5 nitrogen and oxygen atoms in total. The van der Waals surface area contributed by atoms with Crippen LogP contribution in [-0.2, 0) is 0 Å². The fraction of sp³-hybridized carbons (Fsp3) is 0.500. The molecule has 18 heavy (non-hydrogen) atoms. The zero-order chi connectivity index (χ0) is 12.5. The van der Waals surface area contributed by atoms with Crippen LogP contribution in [-0.4, -0.2) is 48.9 Å². The highest BCUT2D eigenvalue weighted by Crippen LogP contribution is 2.45. The standard InChI is InChI=1S/C12H15ClN2O3/c13-15-5-3-14(4-6-15)9-1-2-10(16)12-11(9)17-7-8-18-12/h1-2,16H,3-8H2. The van der Waals surface area contributed by atoms with Crippen LogP contribution in [0.5, 0.6) is 17.2 Å². The number of rotatable bonds is 1. The molecule has 1 fully saturated rings. The molecule has 0 aromatic heterocycles. The Hall–Kier alpha value is -1.33. The second-order valence-electron chi connectivity index (χ2n) is 4.36. The minimum atomic E-state index is 0.129. The lowest BCUT2D eigenvalue weighted by atomic mass is 10.2. The fourth-order valence-electron chi connectivity index (χ4n) is 2.28. The molecule has 2 heterocycles. The summed E-state index contributed by atoms with van der Waals surface area (Å²) in [6.45, 7) is 4.27. The second-order valence-corrected chi connectivity index (χ2v) is 4.83. The highest BCUT2D eigenvalue weighted by molar-refractivity contribution is 6.13. The van der Waals surface area contributed by atoms with Gasteiger partial charge in [-0.15, -0.1) is 0 Å². The van der Waals surface area contributed by atoms with E-state index in [0.717, 1.165) is 31.9 Å². The lowest BCUT2D eigenvalue weighted by Crippen LogP contribution is -2.42. The molecule has 0 bridgehead atoms. The molecule has 0 amide bonds. The maximum atomic E-state index is 9.77. The molecule has 3 rings (SSSR count).